The molecule has 3 rings (SSSR count). The van der Waals surface area contributed by atoms with Gasteiger partial charge in [0.25, 0.3) is 0 Å². The van der Waals surface area contributed by atoms with Gasteiger partial charge in [0.2, 0.25) is 11.8 Å². The Bertz CT molecular complexity index is 709. The van der Waals surface area contributed by atoms with E-state index in [4.69, 9.17) is 4.74 Å². The summed E-state index contributed by atoms with van der Waals surface area (Å²) < 4.78 is 5.36. The van der Waals surface area contributed by atoms with Crippen molar-refractivity contribution in [2.24, 2.45) is 11.8 Å². The molecule has 0 spiro atoms. The van der Waals surface area contributed by atoms with Crippen molar-refractivity contribution < 1.29 is 19.1 Å². The third kappa shape index (κ3) is 5.30. The van der Waals surface area contributed by atoms with Gasteiger partial charge in [0.15, 0.2) is 0 Å². The van der Waals surface area contributed by atoms with Crippen molar-refractivity contribution >= 4 is 23.6 Å². The number of anilines is 1. The molecule has 2 aliphatic rings. The lowest BCUT2D eigenvalue weighted by Crippen LogP contribution is -2.39. The van der Waals surface area contributed by atoms with Gasteiger partial charge >= 0.3 is 5.97 Å². The minimum atomic E-state index is -0.313. The summed E-state index contributed by atoms with van der Waals surface area (Å²) >= 11 is 0. The molecule has 2 amide bonds. The van der Waals surface area contributed by atoms with Gasteiger partial charge in [0.1, 0.15) is 5.82 Å². The molecule has 0 radical (unpaired) electrons. The third-order valence-electron chi connectivity index (χ3n) is 5.40. The fourth-order valence-corrected chi connectivity index (χ4v) is 3.76. The molecule has 1 aromatic rings. The molecule has 7 heteroatoms. The van der Waals surface area contributed by atoms with Crippen LogP contribution in [0.15, 0.2) is 18.3 Å². The smallest absolute Gasteiger partial charge is 0.308 e. The lowest BCUT2D eigenvalue weighted by atomic mass is 9.86. The number of rotatable bonds is 6. The molecular weight excluding hydrogens is 358 g/mol. The fraction of sp³-hybridized carbons (Fsp3) is 0.619. The number of nitrogens with one attached hydrogen (secondary N) is 2. The number of pyridine rings is 1. The van der Waals surface area contributed by atoms with E-state index in [1.165, 1.54) is 0 Å². The molecule has 1 atom stereocenters. The summed E-state index contributed by atoms with van der Waals surface area (Å²) in [6, 6.07) is 4.05. The molecule has 28 heavy (non-hydrogen) atoms. The molecule has 7 nitrogen and oxygen atoms in total. The van der Waals surface area contributed by atoms with E-state index in [-0.39, 0.29) is 35.7 Å². The summed E-state index contributed by atoms with van der Waals surface area (Å²) in [7, 11) is 0. The molecule has 152 valence electrons. The molecule has 1 aliphatic heterocycles. The molecule has 1 aliphatic carbocycles. The summed E-state index contributed by atoms with van der Waals surface area (Å²) in [6.45, 7) is 4.56. The Labute approximate surface area is 165 Å². The Kier molecular flexibility index (Phi) is 6.65. The van der Waals surface area contributed by atoms with E-state index in [1.54, 1.807) is 6.20 Å². The number of nitrogens with zero attached hydrogens (tertiary/aromatic N) is 1. The number of hydrogen-bond acceptors (Lipinski definition) is 6. The van der Waals surface area contributed by atoms with Crippen LogP contribution in [0, 0.1) is 11.8 Å². The Hall–Kier alpha value is -2.44. The molecule has 0 aromatic carbocycles. The normalized spacial score (nSPS) is 25.3. The SMILES string of the molecule is CC(C)COC(=O)C1CCC(Nc2ccc(C3CCC(=O)NC3=O)cn2)CC1. The average Bonchev–Trinajstić information content (AvgIpc) is 2.67. The largest absolute Gasteiger partial charge is 0.465 e. The van der Waals surface area contributed by atoms with Gasteiger partial charge in [0, 0.05) is 18.7 Å². The second-order valence-corrected chi connectivity index (χ2v) is 8.20. The first kappa shape index (κ1) is 20.3. The fourth-order valence-electron chi connectivity index (χ4n) is 3.76. The first-order valence-corrected chi connectivity index (χ1v) is 10.1. The Morgan fingerprint density at radius 1 is 1.21 bits per heavy atom. The molecule has 2 N–H and O–H groups in total. The van der Waals surface area contributed by atoms with Gasteiger partial charge in [-0.25, -0.2) is 4.98 Å². The van der Waals surface area contributed by atoms with Crippen LogP contribution >= 0.6 is 0 Å². The molecule has 1 unspecified atom stereocenters. The summed E-state index contributed by atoms with van der Waals surface area (Å²) in [5.74, 6) is 0.278. The summed E-state index contributed by atoms with van der Waals surface area (Å²) in [5, 5.41) is 5.80. The van der Waals surface area contributed by atoms with E-state index >= 15 is 0 Å². The molecular formula is C21H29N3O4. The molecule has 2 heterocycles. The van der Waals surface area contributed by atoms with Crippen LogP contribution in [0.2, 0.25) is 0 Å². The second kappa shape index (κ2) is 9.17. The lowest BCUT2D eigenvalue weighted by molar-refractivity contribution is -0.150. The van der Waals surface area contributed by atoms with E-state index < -0.39 is 0 Å². The Balaban J connectivity index is 1.47. The van der Waals surface area contributed by atoms with E-state index in [0.29, 0.717) is 25.4 Å². The maximum Gasteiger partial charge on any atom is 0.308 e. The van der Waals surface area contributed by atoms with Gasteiger partial charge in [-0.3, -0.25) is 19.7 Å². The van der Waals surface area contributed by atoms with Crippen molar-refractivity contribution in [3.8, 4) is 0 Å². The molecule has 0 bridgehead atoms. The highest BCUT2D eigenvalue weighted by molar-refractivity contribution is 6.00. The minimum absolute atomic E-state index is 0.000315. The van der Waals surface area contributed by atoms with Gasteiger partial charge in [-0.15, -0.1) is 0 Å². The zero-order chi connectivity index (χ0) is 20.1. The number of aromatic nitrogens is 1. The molecule has 1 saturated heterocycles. The maximum atomic E-state index is 12.1. The van der Waals surface area contributed by atoms with Gasteiger partial charge in [-0.05, 0) is 49.7 Å². The summed E-state index contributed by atoms with van der Waals surface area (Å²) in [6.07, 6.45) is 6.04. The number of esters is 1. The third-order valence-corrected chi connectivity index (χ3v) is 5.40. The molecule has 2 fully saturated rings. The van der Waals surface area contributed by atoms with E-state index in [2.05, 4.69) is 15.6 Å². The predicted molar refractivity (Wildman–Crippen MR) is 105 cm³/mol. The molecule has 1 aromatic heterocycles. The van der Waals surface area contributed by atoms with Gasteiger partial charge in [-0.2, -0.15) is 0 Å². The first-order valence-electron chi connectivity index (χ1n) is 10.1. The zero-order valence-electron chi connectivity index (χ0n) is 16.6. The van der Waals surface area contributed by atoms with Crippen molar-refractivity contribution in [2.75, 3.05) is 11.9 Å². The van der Waals surface area contributed by atoms with Crippen LogP contribution in [0.1, 0.15) is 63.9 Å². The van der Waals surface area contributed by atoms with Crippen molar-refractivity contribution in [2.45, 2.75) is 64.3 Å². The average molecular weight is 387 g/mol. The van der Waals surface area contributed by atoms with Crippen LogP contribution in [0.3, 0.4) is 0 Å². The standard InChI is InChI=1S/C21H29N3O4/c1-13(2)12-28-21(27)14-3-6-16(7-4-14)23-18-9-5-15(11-22-18)17-8-10-19(25)24-20(17)26/h5,9,11,13-14,16-17H,3-4,6-8,10,12H2,1-2H3,(H,22,23)(H,24,25,26). The number of ether oxygens (including phenoxy) is 1. The Morgan fingerprint density at radius 2 is 1.96 bits per heavy atom. The quantitative estimate of drug-likeness (QED) is 0.575. The van der Waals surface area contributed by atoms with Gasteiger partial charge < -0.3 is 10.1 Å². The van der Waals surface area contributed by atoms with Crippen molar-refractivity contribution in [1.29, 1.82) is 0 Å². The van der Waals surface area contributed by atoms with Gasteiger partial charge in [0.05, 0.1) is 18.4 Å². The predicted octanol–water partition coefficient (Wildman–Crippen LogP) is 2.77. The summed E-state index contributed by atoms with van der Waals surface area (Å²) in [5.41, 5.74) is 0.826. The van der Waals surface area contributed by atoms with E-state index in [1.807, 2.05) is 26.0 Å². The highest BCUT2D eigenvalue weighted by atomic mass is 16.5. The van der Waals surface area contributed by atoms with E-state index in [0.717, 1.165) is 37.1 Å². The topological polar surface area (TPSA) is 97.4 Å². The highest BCUT2D eigenvalue weighted by Gasteiger charge is 2.29. The number of imide groups is 1. The first-order chi connectivity index (χ1) is 13.4. The number of carbonyl (C=O) groups is 3. The minimum Gasteiger partial charge on any atom is -0.465 e. The van der Waals surface area contributed by atoms with Crippen LogP contribution in [0.25, 0.3) is 0 Å². The van der Waals surface area contributed by atoms with Crippen molar-refractivity contribution in [3.05, 3.63) is 23.9 Å². The van der Waals surface area contributed by atoms with Crippen LogP contribution in [0.4, 0.5) is 5.82 Å². The van der Waals surface area contributed by atoms with Crippen LogP contribution < -0.4 is 10.6 Å². The lowest BCUT2D eigenvalue weighted by Gasteiger charge is -2.28. The number of carbonyl (C=O) groups excluding carboxylic acids is 3. The zero-order valence-corrected chi connectivity index (χ0v) is 16.6. The Morgan fingerprint density at radius 3 is 2.57 bits per heavy atom. The van der Waals surface area contributed by atoms with Crippen molar-refractivity contribution in [1.82, 2.24) is 10.3 Å². The molecule has 1 saturated carbocycles. The van der Waals surface area contributed by atoms with Crippen molar-refractivity contribution in [3.63, 3.8) is 0 Å². The van der Waals surface area contributed by atoms with Crippen LogP contribution in [-0.2, 0) is 19.1 Å². The number of amides is 2. The van der Waals surface area contributed by atoms with Gasteiger partial charge in [-0.1, -0.05) is 19.9 Å². The highest BCUT2D eigenvalue weighted by Crippen LogP contribution is 2.28. The maximum absolute atomic E-state index is 12.1. The summed E-state index contributed by atoms with van der Waals surface area (Å²) in [4.78, 5) is 39.8. The van der Waals surface area contributed by atoms with E-state index in [9.17, 15) is 14.4 Å². The monoisotopic (exact) mass is 387 g/mol. The second-order valence-electron chi connectivity index (χ2n) is 8.20. The number of hydrogen-bond donors (Lipinski definition) is 2. The van der Waals surface area contributed by atoms with Crippen LogP contribution in [-0.4, -0.2) is 35.4 Å². The number of piperidine rings is 1. The van der Waals surface area contributed by atoms with Crippen LogP contribution in [0.5, 0.6) is 0 Å².